The molecule has 1 saturated carbocycles. The highest BCUT2D eigenvalue weighted by molar-refractivity contribution is 6.31. The zero-order valence-corrected chi connectivity index (χ0v) is 20.4. The van der Waals surface area contributed by atoms with Gasteiger partial charge >= 0.3 is 18.2 Å². The zero-order chi connectivity index (χ0) is 25.5. The van der Waals surface area contributed by atoms with Crippen LogP contribution in [0.5, 0.6) is 0 Å². The number of esters is 1. The van der Waals surface area contributed by atoms with Gasteiger partial charge in [-0.1, -0.05) is 23.7 Å². The van der Waals surface area contributed by atoms with E-state index in [2.05, 4.69) is 5.10 Å². The minimum atomic E-state index is -4.56. The fraction of sp³-hybridized carbons (Fsp3) is 0.542. The Hall–Kier alpha value is -2.59. The van der Waals surface area contributed by atoms with Crippen molar-refractivity contribution in [1.29, 1.82) is 0 Å². The summed E-state index contributed by atoms with van der Waals surface area (Å²) in [6.07, 6.45) is -2.01. The predicted molar refractivity (Wildman–Crippen MR) is 121 cm³/mol. The summed E-state index contributed by atoms with van der Waals surface area (Å²) in [6, 6.07) is 5.18. The van der Waals surface area contributed by atoms with Crippen LogP contribution in [0.15, 0.2) is 30.5 Å². The molecule has 4 rings (SSSR count). The lowest BCUT2D eigenvalue weighted by molar-refractivity contribution is -0.139. The van der Waals surface area contributed by atoms with Crippen LogP contribution in [-0.4, -0.2) is 51.5 Å². The minimum Gasteiger partial charge on any atom is -0.455 e. The Morgan fingerprint density at radius 2 is 1.77 bits per heavy atom. The maximum absolute atomic E-state index is 13.4. The largest absolute Gasteiger partial charge is 0.455 e. The summed E-state index contributed by atoms with van der Waals surface area (Å²) in [6.45, 7) is 6.06. The van der Waals surface area contributed by atoms with Gasteiger partial charge in [-0.25, -0.2) is 9.59 Å². The molecule has 0 bridgehead atoms. The lowest BCUT2D eigenvalue weighted by Crippen LogP contribution is -2.34. The molecule has 2 aliphatic rings. The van der Waals surface area contributed by atoms with Crippen LogP contribution in [0.4, 0.5) is 18.0 Å². The van der Waals surface area contributed by atoms with Crippen LogP contribution in [0.3, 0.4) is 0 Å². The van der Waals surface area contributed by atoms with Crippen molar-refractivity contribution in [3.8, 4) is 0 Å². The van der Waals surface area contributed by atoms with Crippen molar-refractivity contribution in [2.24, 2.45) is 11.8 Å². The number of likely N-dealkylation sites (tertiary alicyclic amines) is 1. The third-order valence-corrected chi connectivity index (χ3v) is 6.54. The molecule has 0 unspecified atom stereocenters. The van der Waals surface area contributed by atoms with E-state index in [1.807, 2.05) is 0 Å². The Morgan fingerprint density at radius 1 is 1.11 bits per heavy atom. The van der Waals surface area contributed by atoms with Gasteiger partial charge in [0.2, 0.25) is 0 Å². The highest BCUT2D eigenvalue weighted by Gasteiger charge is 2.43. The molecule has 11 heteroatoms. The van der Waals surface area contributed by atoms with Gasteiger partial charge in [0.15, 0.2) is 5.69 Å². The molecule has 0 radical (unpaired) electrons. The molecule has 1 saturated heterocycles. The first kappa shape index (κ1) is 25.5. The maximum Gasteiger partial charge on any atom is 0.418 e. The van der Waals surface area contributed by atoms with Gasteiger partial charge in [-0.05, 0) is 63.1 Å². The molecule has 2 fully saturated rings. The van der Waals surface area contributed by atoms with Crippen molar-refractivity contribution in [3.63, 3.8) is 0 Å². The number of alkyl halides is 3. The third kappa shape index (κ3) is 5.81. The molecule has 2 heterocycles. The molecule has 0 spiro atoms. The van der Waals surface area contributed by atoms with Crippen LogP contribution in [-0.2, 0) is 22.3 Å². The Bertz CT molecular complexity index is 1100. The van der Waals surface area contributed by atoms with E-state index < -0.39 is 23.3 Å². The normalized spacial score (nSPS) is 20.8. The summed E-state index contributed by atoms with van der Waals surface area (Å²) in [5, 5.41) is 3.73. The summed E-state index contributed by atoms with van der Waals surface area (Å²) in [7, 11) is 0. The van der Waals surface area contributed by atoms with E-state index in [-0.39, 0.29) is 46.9 Å². The number of fused-ring (bicyclic) bond motifs is 1. The van der Waals surface area contributed by atoms with Crippen LogP contribution in [0, 0.1) is 11.8 Å². The number of hydrogen-bond acceptors (Lipinski definition) is 5. The maximum atomic E-state index is 13.4. The van der Waals surface area contributed by atoms with E-state index >= 15 is 0 Å². The van der Waals surface area contributed by atoms with E-state index in [1.54, 1.807) is 25.7 Å². The molecular formula is C24H27ClF3N3O4. The summed E-state index contributed by atoms with van der Waals surface area (Å²) in [5.41, 5.74) is -1.46. The van der Waals surface area contributed by atoms with Gasteiger partial charge in [-0.2, -0.15) is 23.0 Å². The number of carbonyl (C=O) groups excluding carboxylic acids is 2. The quantitative estimate of drug-likeness (QED) is 0.511. The van der Waals surface area contributed by atoms with Gasteiger partial charge < -0.3 is 14.4 Å². The van der Waals surface area contributed by atoms with E-state index in [4.69, 9.17) is 21.1 Å². The Kier molecular flexibility index (Phi) is 6.89. The van der Waals surface area contributed by atoms with Crippen LogP contribution in [0.25, 0.3) is 0 Å². The number of amides is 1. The number of nitrogens with zero attached hydrogens (tertiary/aromatic N) is 3. The zero-order valence-electron chi connectivity index (χ0n) is 19.6. The monoisotopic (exact) mass is 513 g/mol. The molecule has 35 heavy (non-hydrogen) atoms. The lowest BCUT2D eigenvalue weighted by atomic mass is 10.0. The number of rotatable bonds is 4. The molecule has 1 aliphatic heterocycles. The van der Waals surface area contributed by atoms with E-state index in [0.29, 0.717) is 25.9 Å². The first-order valence-corrected chi connectivity index (χ1v) is 11.7. The van der Waals surface area contributed by atoms with Crippen LogP contribution in [0.2, 0.25) is 5.02 Å². The molecule has 190 valence electrons. The molecule has 2 atom stereocenters. The Morgan fingerprint density at radius 3 is 2.37 bits per heavy atom. The van der Waals surface area contributed by atoms with Crippen LogP contribution >= 0.6 is 11.6 Å². The van der Waals surface area contributed by atoms with Gasteiger partial charge in [0.05, 0.1) is 23.3 Å². The van der Waals surface area contributed by atoms with E-state index in [0.717, 1.165) is 4.68 Å². The average Bonchev–Trinajstić information content (AvgIpc) is 3.44. The molecule has 7 nitrogen and oxygen atoms in total. The summed E-state index contributed by atoms with van der Waals surface area (Å²) in [5.74, 6) is -0.228. The fourth-order valence-electron chi connectivity index (χ4n) is 4.77. The molecule has 1 amide bonds. The van der Waals surface area contributed by atoms with Crippen LogP contribution < -0.4 is 0 Å². The van der Waals surface area contributed by atoms with Gasteiger partial charge in [0.1, 0.15) is 5.60 Å². The minimum absolute atomic E-state index is 0.0123. The third-order valence-electron chi connectivity index (χ3n) is 6.23. The Labute approximate surface area is 206 Å². The highest BCUT2D eigenvalue weighted by atomic mass is 35.5. The second kappa shape index (κ2) is 9.46. The van der Waals surface area contributed by atoms with Gasteiger partial charge in [-0.15, -0.1) is 0 Å². The van der Waals surface area contributed by atoms with E-state index in [1.165, 1.54) is 30.5 Å². The topological polar surface area (TPSA) is 73.7 Å². The predicted octanol–water partition coefficient (Wildman–Crippen LogP) is 5.41. The molecule has 1 aromatic heterocycles. The Balaban J connectivity index is 1.31. The fourth-order valence-corrected chi connectivity index (χ4v) is 5.07. The first-order chi connectivity index (χ1) is 16.3. The summed E-state index contributed by atoms with van der Waals surface area (Å²) in [4.78, 5) is 26.7. The lowest BCUT2D eigenvalue weighted by Gasteiger charge is -2.20. The van der Waals surface area contributed by atoms with Gasteiger partial charge in [0.25, 0.3) is 0 Å². The smallest absolute Gasteiger partial charge is 0.418 e. The van der Waals surface area contributed by atoms with Crippen molar-refractivity contribution in [3.05, 3.63) is 52.3 Å². The number of hydrogen-bond donors (Lipinski definition) is 0. The molecule has 0 N–H and O–H groups in total. The van der Waals surface area contributed by atoms with Crippen molar-refractivity contribution in [2.45, 2.75) is 58.1 Å². The number of aromatic nitrogens is 2. The SMILES string of the molecule is CC(C)(C)OC(=O)c1ccn(C(=O)N2C[C@@H]3CC(OCc4cccc(Cl)c4C(F)(F)F)C[C@H]3C2)n1. The van der Waals surface area contributed by atoms with E-state index in [9.17, 15) is 22.8 Å². The number of halogens is 4. The molecular weight excluding hydrogens is 487 g/mol. The number of benzene rings is 1. The van der Waals surface area contributed by atoms with Crippen molar-refractivity contribution in [2.75, 3.05) is 13.1 Å². The second-order valence-corrected chi connectivity index (χ2v) is 10.4. The van der Waals surface area contributed by atoms with Gasteiger partial charge in [-0.3, -0.25) is 0 Å². The summed E-state index contributed by atoms with van der Waals surface area (Å²) < 4.78 is 52.3. The highest BCUT2D eigenvalue weighted by Crippen LogP contribution is 2.41. The van der Waals surface area contributed by atoms with Gasteiger partial charge in [0, 0.05) is 19.3 Å². The van der Waals surface area contributed by atoms with Crippen molar-refractivity contribution in [1.82, 2.24) is 14.7 Å². The summed E-state index contributed by atoms with van der Waals surface area (Å²) >= 11 is 5.78. The molecule has 1 aliphatic carbocycles. The average molecular weight is 514 g/mol. The van der Waals surface area contributed by atoms with Crippen molar-refractivity contribution < 1.29 is 32.2 Å². The van der Waals surface area contributed by atoms with Crippen molar-refractivity contribution >= 4 is 23.6 Å². The number of carbonyl (C=O) groups is 2. The molecule has 1 aromatic carbocycles. The first-order valence-electron chi connectivity index (χ1n) is 11.4. The second-order valence-electron chi connectivity index (χ2n) is 10.0. The molecule has 2 aromatic rings. The van der Waals surface area contributed by atoms with Crippen LogP contribution in [0.1, 0.15) is 55.2 Å². The number of ether oxygens (including phenoxy) is 2. The standard InChI is InChI=1S/C24H27ClF3N3O4/c1-23(2,3)35-21(32)19-7-8-31(29-19)22(33)30-11-15-9-17(10-16(15)12-30)34-13-14-5-4-6-18(25)20(14)24(26,27)28/h4-8,15-17H,9-13H2,1-3H3/t15-,16-/m0/s1.